The van der Waals surface area contributed by atoms with Crippen LogP contribution in [0.5, 0.6) is 0 Å². The Hall–Kier alpha value is -2.40. The molecule has 5 heteroatoms. The van der Waals surface area contributed by atoms with Gasteiger partial charge in [-0.1, -0.05) is 30.3 Å². The Morgan fingerprint density at radius 1 is 0.875 bits per heavy atom. The topological polar surface area (TPSA) is 44.4 Å². The summed E-state index contributed by atoms with van der Waals surface area (Å²) in [5, 5.41) is 6.76. The Morgan fingerprint density at radius 2 is 1.54 bits per heavy atom. The van der Waals surface area contributed by atoms with Gasteiger partial charge in [0.25, 0.3) is 5.91 Å². The second-order valence-electron chi connectivity index (χ2n) is 5.84. The van der Waals surface area contributed by atoms with Gasteiger partial charge < -0.3 is 15.5 Å². The van der Waals surface area contributed by atoms with Crippen molar-refractivity contribution in [3.05, 3.63) is 60.2 Å². The van der Waals surface area contributed by atoms with Gasteiger partial charge in [0.05, 0.1) is 11.3 Å². The Balaban J connectivity index is 1.71. The summed E-state index contributed by atoms with van der Waals surface area (Å²) in [5.41, 5.74) is 2.31. The van der Waals surface area contributed by atoms with Gasteiger partial charge in [-0.15, -0.1) is 0 Å². The minimum absolute atomic E-state index is 0.0697. The predicted molar refractivity (Wildman–Crippen MR) is 102 cm³/mol. The van der Waals surface area contributed by atoms with Crippen molar-refractivity contribution < 1.29 is 4.79 Å². The number of anilines is 2. The van der Waals surface area contributed by atoms with Crippen molar-refractivity contribution in [2.24, 2.45) is 0 Å². The van der Waals surface area contributed by atoms with Crippen LogP contribution in [0.1, 0.15) is 29.6 Å². The van der Waals surface area contributed by atoms with Crippen molar-refractivity contribution in [3.8, 4) is 0 Å². The average molecular weight is 339 g/mol. The van der Waals surface area contributed by atoms with Crippen LogP contribution in [-0.4, -0.2) is 29.0 Å². The number of piperidine rings is 1. The quantitative estimate of drug-likeness (QED) is 0.826. The van der Waals surface area contributed by atoms with E-state index in [1.54, 1.807) is 0 Å². The second-order valence-corrected chi connectivity index (χ2v) is 6.25. The number of likely N-dealkylation sites (tertiary alicyclic amines) is 1. The summed E-state index contributed by atoms with van der Waals surface area (Å²) in [5.74, 6) is 0.0697. The number of amides is 1. The van der Waals surface area contributed by atoms with Crippen molar-refractivity contribution in [1.82, 2.24) is 4.90 Å². The fourth-order valence-corrected chi connectivity index (χ4v) is 3.08. The van der Waals surface area contributed by atoms with Crippen LogP contribution < -0.4 is 10.6 Å². The summed E-state index contributed by atoms with van der Waals surface area (Å²) < 4.78 is 0. The van der Waals surface area contributed by atoms with Gasteiger partial charge >= 0.3 is 0 Å². The molecule has 0 saturated carbocycles. The first-order valence-corrected chi connectivity index (χ1v) is 8.66. The summed E-state index contributed by atoms with van der Waals surface area (Å²) >= 11 is 5.37. The Morgan fingerprint density at radius 3 is 2.29 bits per heavy atom. The van der Waals surface area contributed by atoms with Crippen LogP contribution in [0.15, 0.2) is 54.6 Å². The first-order chi connectivity index (χ1) is 11.7. The first-order valence-electron chi connectivity index (χ1n) is 8.25. The maximum atomic E-state index is 12.8. The van der Waals surface area contributed by atoms with Crippen LogP contribution in [0.2, 0.25) is 0 Å². The lowest BCUT2D eigenvalue weighted by molar-refractivity contribution is 0.0725. The molecule has 24 heavy (non-hydrogen) atoms. The van der Waals surface area contributed by atoms with E-state index < -0.39 is 0 Å². The van der Waals surface area contributed by atoms with E-state index in [1.807, 2.05) is 59.5 Å². The highest BCUT2D eigenvalue weighted by Crippen LogP contribution is 2.20. The van der Waals surface area contributed by atoms with Crippen LogP contribution in [0.4, 0.5) is 11.4 Å². The van der Waals surface area contributed by atoms with Crippen LogP contribution in [0.3, 0.4) is 0 Å². The lowest BCUT2D eigenvalue weighted by Gasteiger charge is -2.27. The van der Waals surface area contributed by atoms with Crippen LogP contribution >= 0.6 is 12.2 Å². The summed E-state index contributed by atoms with van der Waals surface area (Å²) in [7, 11) is 0. The third-order valence-corrected chi connectivity index (χ3v) is 4.28. The largest absolute Gasteiger partial charge is 0.339 e. The molecule has 2 N–H and O–H groups in total. The van der Waals surface area contributed by atoms with Crippen molar-refractivity contribution in [2.45, 2.75) is 19.3 Å². The molecule has 2 aromatic rings. The minimum Gasteiger partial charge on any atom is -0.339 e. The zero-order valence-corrected chi connectivity index (χ0v) is 14.3. The number of carbonyl (C=O) groups excluding carboxylic acids is 1. The number of hydrogen-bond donors (Lipinski definition) is 2. The van der Waals surface area contributed by atoms with E-state index in [4.69, 9.17) is 12.2 Å². The molecule has 0 unspecified atom stereocenters. The third-order valence-electron chi connectivity index (χ3n) is 4.08. The van der Waals surface area contributed by atoms with Gasteiger partial charge in [0.1, 0.15) is 0 Å². The van der Waals surface area contributed by atoms with Gasteiger partial charge in [-0.2, -0.15) is 0 Å². The molecule has 1 aliphatic rings. The summed E-state index contributed by atoms with van der Waals surface area (Å²) in [6.45, 7) is 1.67. The molecule has 0 radical (unpaired) electrons. The van der Waals surface area contributed by atoms with Crippen LogP contribution in [0, 0.1) is 0 Å². The van der Waals surface area contributed by atoms with E-state index >= 15 is 0 Å². The maximum Gasteiger partial charge on any atom is 0.255 e. The molecule has 4 nitrogen and oxygen atoms in total. The predicted octanol–water partition coefficient (Wildman–Crippen LogP) is 4.12. The molecule has 0 atom stereocenters. The van der Waals surface area contributed by atoms with E-state index in [9.17, 15) is 4.79 Å². The molecule has 1 saturated heterocycles. The molecule has 0 aliphatic carbocycles. The molecule has 1 fully saturated rings. The van der Waals surface area contributed by atoms with Gasteiger partial charge in [0, 0.05) is 18.8 Å². The van der Waals surface area contributed by atoms with E-state index in [0.29, 0.717) is 10.7 Å². The van der Waals surface area contributed by atoms with Gasteiger partial charge in [-0.25, -0.2) is 0 Å². The molecule has 0 aromatic heterocycles. The molecular formula is C19H21N3OS. The molecule has 1 aliphatic heterocycles. The van der Waals surface area contributed by atoms with Gasteiger partial charge in [-0.05, 0) is 55.7 Å². The van der Waals surface area contributed by atoms with Crippen LogP contribution in [-0.2, 0) is 0 Å². The van der Waals surface area contributed by atoms with E-state index in [1.165, 1.54) is 6.42 Å². The average Bonchev–Trinajstić information content (AvgIpc) is 2.63. The number of benzene rings is 2. The number of para-hydroxylation sites is 2. The smallest absolute Gasteiger partial charge is 0.255 e. The number of nitrogens with zero attached hydrogens (tertiary/aromatic N) is 1. The Labute approximate surface area is 147 Å². The van der Waals surface area contributed by atoms with Gasteiger partial charge in [0.15, 0.2) is 5.11 Å². The monoisotopic (exact) mass is 339 g/mol. The number of carbonyl (C=O) groups is 1. The van der Waals surface area contributed by atoms with Gasteiger partial charge in [-0.3, -0.25) is 4.79 Å². The summed E-state index contributed by atoms with van der Waals surface area (Å²) in [6.07, 6.45) is 3.36. The summed E-state index contributed by atoms with van der Waals surface area (Å²) in [6, 6.07) is 17.3. The lowest BCUT2D eigenvalue weighted by atomic mass is 10.1. The lowest BCUT2D eigenvalue weighted by Crippen LogP contribution is -2.36. The highest BCUT2D eigenvalue weighted by Gasteiger charge is 2.20. The molecule has 1 heterocycles. The zero-order chi connectivity index (χ0) is 16.8. The minimum atomic E-state index is 0.0697. The summed E-state index contributed by atoms with van der Waals surface area (Å²) in [4.78, 5) is 14.7. The fraction of sp³-hybridized carbons (Fsp3) is 0.263. The number of thiocarbonyl (C=S) groups is 1. The normalized spacial score (nSPS) is 14.1. The Bertz CT molecular complexity index is 712. The number of hydrogen-bond acceptors (Lipinski definition) is 2. The maximum absolute atomic E-state index is 12.8. The molecular weight excluding hydrogens is 318 g/mol. The van der Waals surface area contributed by atoms with Crippen molar-refractivity contribution in [3.63, 3.8) is 0 Å². The van der Waals surface area contributed by atoms with Gasteiger partial charge in [0.2, 0.25) is 0 Å². The highest BCUT2D eigenvalue weighted by molar-refractivity contribution is 7.80. The molecule has 2 aromatic carbocycles. The van der Waals surface area contributed by atoms with E-state index in [2.05, 4.69) is 10.6 Å². The molecule has 3 rings (SSSR count). The number of nitrogens with one attached hydrogen (secondary N) is 2. The van der Waals surface area contributed by atoms with Crippen molar-refractivity contribution in [2.75, 3.05) is 23.7 Å². The highest BCUT2D eigenvalue weighted by atomic mass is 32.1. The van der Waals surface area contributed by atoms with Crippen molar-refractivity contribution >= 4 is 34.6 Å². The van der Waals surface area contributed by atoms with Crippen molar-refractivity contribution in [1.29, 1.82) is 0 Å². The SMILES string of the molecule is O=C(c1ccccc1NC(=S)Nc1ccccc1)N1CCCCC1. The third kappa shape index (κ3) is 4.11. The fourth-order valence-electron chi connectivity index (χ4n) is 2.85. The molecule has 124 valence electrons. The standard InChI is InChI=1S/C19H21N3OS/c23-18(22-13-7-2-8-14-22)16-11-5-6-12-17(16)21-19(24)20-15-9-3-1-4-10-15/h1,3-6,9-12H,2,7-8,13-14H2,(H2,20,21,24). The van der Waals surface area contributed by atoms with E-state index in [0.717, 1.165) is 37.3 Å². The number of rotatable bonds is 3. The van der Waals surface area contributed by atoms with Crippen LogP contribution in [0.25, 0.3) is 0 Å². The van der Waals surface area contributed by atoms with E-state index in [-0.39, 0.29) is 5.91 Å². The second kappa shape index (κ2) is 7.93. The molecule has 1 amide bonds. The zero-order valence-electron chi connectivity index (χ0n) is 13.5. The molecule has 0 bridgehead atoms. The molecule has 0 spiro atoms. The Kier molecular flexibility index (Phi) is 5.43. The first kappa shape index (κ1) is 16.5.